The fourth-order valence-electron chi connectivity index (χ4n) is 0.696. The van der Waals surface area contributed by atoms with Crippen molar-refractivity contribution in [2.75, 3.05) is 0 Å². The molecule has 1 nitrogen and oxygen atoms in total. The highest BCUT2D eigenvalue weighted by Crippen LogP contribution is 2.34. The molecular weight excluding hydrogens is 364 g/mol. The maximum absolute atomic E-state index is 11.9. The van der Waals surface area contributed by atoms with Gasteiger partial charge in [-0.25, -0.2) is 0 Å². The van der Waals surface area contributed by atoms with Gasteiger partial charge in [-0.05, 0) is 50.7 Å². The summed E-state index contributed by atoms with van der Waals surface area (Å²) in [5, 5.41) is 0. The lowest BCUT2D eigenvalue weighted by Gasteiger charge is -2.11. The standard InChI is InChI=1S/C7H3BrF3IO/c8-4-2-1-3-5(12)6(4)13-7(9,10)11/h1-3H. The summed E-state index contributed by atoms with van der Waals surface area (Å²) in [4.78, 5) is 0. The first-order valence-corrected chi connectivity index (χ1v) is 4.97. The molecular formula is C7H3BrF3IO. The molecule has 1 rings (SSSR count). The van der Waals surface area contributed by atoms with E-state index in [0.29, 0.717) is 3.57 Å². The number of ether oxygens (including phenoxy) is 1. The molecule has 0 aromatic heterocycles. The first kappa shape index (κ1) is 11.1. The molecule has 0 unspecified atom stereocenters. The Bertz CT molecular complexity index is 293. The third-order valence-electron chi connectivity index (χ3n) is 1.14. The van der Waals surface area contributed by atoms with Crippen molar-refractivity contribution < 1.29 is 17.9 Å². The van der Waals surface area contributed by atoms with Crippen molar-refractivity contribution in [2.24, 2.45) is 0 Å². The molecule has 0 aliphatic rings. The molecule has 13 heavy (non-hydrogen) atoms. The van der Waals surface area contributed by atoms with E-state index in [0.717, 1.165) is 0 Å². The first-order chi connectivity index (χ1) is 5.90. The summed E-state index contributed by atoms with van der Waals surface area (Å²) in [5.74, 6) is -0.199. The summed E-state index contributed by atoms with van der Waals surface area (Å²) in [5.41, 5.74) is 0. The average molecular weight is 367 g/mol. The average Bonchev–Trinajstić information content (AvgIpc) is 1.95. The van der Waals surface area contributed by atoms with Crippen LogP contribution in [-0.2, 0) is 0 Å². The topological polar surface area (TPSA) is 9.23 Å². The Morgan fingerprint density at radius 3 is 2.38 bits per heavy atom. The van der Waals surface area contributed by atoms with Crippen LogP contribution in [0.1, 0.15) is 0 Å². The van der Waals surface area contributed by atoms with Gasteiger partial charge in [0.2, 0.25) is 0 Å². The van der Waals surface area contributed by atoms with Crippen LogP contribution in [0.15, 0.2) is 22.7 Å². The molecule has 0 heterocycles. The lowest BCUT2D eigenvalue weighted by molar-refractivity contribution is -0.275. The number of benzene rings is 1. The molecule has 0 bridgehead atoms. The van der Waals surface area contributed by atoms with Gasteiger partial charge in [0.25, 0.3) is 0 Å². The molecule has 0 N–H and O–H groups in total. The summed E-state index contributed by atoms with van der Waals surface area (Å²) in [6, 6.07) is 4.66. The van der Waals surface area contributed by atoms with Gasteiger partial charge in [0, 0.05) is 0 Å². The third kappa shape index (κ3) is 3.34. The van der Waals surface area contributed by atoms with E-state index in [-0.39, 0.29) is 10.2 Å². The van der Waals surface area contributed by atoms with Crippen molar-refractivity contribution in [3.05, 3.63) is 26.2 Å². The number of hydrogen-bond acceptors (Lipinski definition) is 1. The monoisotopic (exact) mass is 366 g/mol. The van der Waals surface area contributed by atoms with Crippen LogP contribution in [0.3, 0.4) is 0 Å². The van der Waals surface area contributed by atoms with Gasteiger partial charge in [0.05, 0.1) is 8.04 Å². The van der Waals surface area contributed by atoms with E-state index in [2.05, 4.69) is 20.7 Å². The summed E-state index contributed by atoms with van der Waals surface area (Å²) in [6.07, 6.45) is -4.65. The van der Waals surface area contributed by atoms with Crippen molar-refractivity contribution in [1.29, 1.82) is 0 Å². The van der Waals surface area contributed by atoms with Crippen LogP contribution < -0.4 is 4.74 Å². The molecule has 0 aliphatic carbocycles. The van der Waals surface area contributed by atoms with Gasteiger partial charge in [-0.15, -0.1) is 13.2 Å². The highest BCUT2D eigenvalue weighted by Gasteiger charge is 2.32. The maximum Gasteiger partial charge on any atom is 0.573 e. The zero-order chi connectivity index (χ0) is 10.1. The van der Waals surface area contributed by atoms with Gasteiger partial charge < -0.3 is 4.74 Å². The molecule has 0 spiro atoms. The molecule has 1 aromatic carbocycles. The van der Waals surface area contributed by atoms with Crippen LogP contribution in [0.5, 0.6) is 5.75 Å². The van der Waals surface area contributed by atoms with Gasteiger partial charge in [0.1, 0.15) is 0 Å². The Balaban J connectivity index is 3.00. The fraction of sp³-hybridized carbons (Fsp3) is 0.143. The van der Waals surface area contributed by atoms with Crippen molar-refractivity contribution in [1.82, 2.24) is 0 Å². The Morgan fingerprint density at radius 2 is 1.92 bits per heavy atom. The van der Waals surface area contributed by atoms with E-state index in [9.17, 15) is 13.2 Å². The molecule has 6 heteroatoms. The molecule has 72 valence electrons. The number of halogens is 5. The van der Waals surface area contributed by atoms with Crippen LogP contribution in [0.2, 0.25) is 0 Å². The molecule has 0 fully saturated rings. The molecule has 0 amide bonds. The SMILES string of the molecule is FC(F)(F)Oc1c(Br)cccc1I. The molecule has 0 atom stereocenters. The predicted octanol–water partition coefficient (Wildman–Crippen LogP) is 3.95. The predicted molar refractivity (Wildman–Crippen MR) is 53.5 cm³/mol. The van der Waals surface area contributed by atoms with Crippen molar-refractivity contribution >= 4 is 38.5 Å². The van der Waals surface area contributed by atoms with Gasteiger partial charge in [0.15, 0.2) is 5.75 Å². The molecule has 0 saturated carbocycles. The first-order valence-electron chi connectivity index (χ1n) is 3.10. The Labute approximate surface area is 94.5 Å². The van der Waals surface area contributed by atoms with E-state index in [1.807, 2.05) is 0 Å². The second-order valence-electron chi connectivity index (χ2n) is 2.10. The molecule has 0 aliphatic heterocycles. The van der Waals surface area contributed by atoms with Gasteiger partial charge in [-0.2, -0.15) is 0 Å². The van der Waals surface area contributed by atoms with Gasteiger partial charge in [-0.3, -0.25) is 0 Å². The van der Waals surface area contributed by atoms with E-state index in [1.54, 1.807) is 28.7 Å². The van der Waals surface area contributed by atoms with Crippen LogP contribution in [0.4, 0.5) is 13.2 Å². The summed E-state index contributed by atoms with van der Waals surface area (Å²) < 4.78 is 40.1. The zero-order valence-corrected chi connectivity index (χ0v) is 9.77. The largest absolute Gasteiger partial charge is 0.573 e. The normalized spacial score (nSPS) is 11.5. The van der Waals surface area contributed by atoms with Crippen LogP contribution in [-0.4, -0.2) is 6.36 Å². The maximum atomic E-state index is 11.9. The molecule has 1 aromatic rings. The summed E-state index contributed by atoms with van der Waals surface area (Å²) in [7, 11) is 0. The highest BCUT2D eigenvalue weighted by atomic mass is 127. The van der Waals surface area contributed by atoms with E-state index in [4.69, 9.17) is 0 Å². The van der Waals surface area contributed by atoms with E-state index >= 15 is 0 Å². The Morgan fingerprint density at radius 1 is 1.31 bits per heavy atom. The third-order valence-corrected chi connectivity index (χ3v) is 2.61. The number of alkyl halides is 3. The summed E-state index contributed by atoms with van der Waals surface area (Å²) in [6.45, 7) is 0. The van der Waals surface area contributed by atoms with Crippen LogP contribution >= 0.6 is 38.5 Å². The minimum Gasteiger partial charge on any atom is -0.403 e. The molecule has 0 radical (unpaired) electrons. The number of hydrogen-bond donors (Lipinski definition) is 0. The molecule has 0 saturated heterocycles. The van der Waals surface area contributed by atoms with Gasteiger partial charge >= 0.3 is 6.36 Å². The minimum atomic E-state index is -4.65. The second-order valence-corrected chi connectivity index (χ2v) is 4.12. The van der Waals surface area contributed by atoms with Crippen molar-refractivity contribution in [2.45, 2.75) is 6.36 Å². The number of para-hydroxylation sites is 1. The Hall–Kier alpha value is 0.0200. The van der Waals surface area contributed by atoms with Crippen molar-refractivity contribution in [3.63, 3.8) is 0 Å². The van der Waals surface area contributed by atoms with Crippen LogP contribution in [0.25, 0.3) is 0 Å². The fourth-order valence-corrected chi connectivity index (χ4v) is 2.12. The van der Waals surface area contributed by atoms with Crippen molar-refractivity contribution in [3.8, 4) is 5.75 Å². The second kappa shape index (κ2) is 4.04. The van der Waals surface area contributed by atoms with E-state index < -0.39 is 6.36 Å². The lowest BCUT2D eigenvalue weighted by Crippen LogP contribution is -2.18. The Kier molecular flexibility index (Phi) is 3.44. The zero-order valence-electron chi connectivity index (χ0n) is 6.03. The highest BCUT2D eigenvalue weighted by molar-refractivity contribution is 14.1. The lowest BCUT2D eigenvalue weighted by atomic mass is 10.3. The van der Waals surface area contributed by atoms with E-state index in [1.165, 1.54) is 12.1 Å². The smallest absolute Gasteiger partial charge is 0.403 e. The van der Waals surface area contributed by atoms with Gasteiger partial charge in [-0.1, -0.05) is 6.07 Å². The quantitative estimate of drug-likeness (QED) is 0.684. The van der Waals surface area contributed by atoms with Crippen LogP contribution in [0, 0.1) is 3.57 Å². The summed E-state index contributed by atoms with van der Waals surface area (Å²) >= 11 is 4.74. The number of rotatable bonds is 1. The minimum absolute atomic E-state index is 0.199.